The van der Waals surface area contributed by atoms with Crippen LogP contribution in [0.1, 0.15) is 49.0 Å². The first kappa shape index (κ1) is 13.9. The van der Waals surface area contributed by atoms with Gasteiger partial charge in [-0.3, -0.25) is 0 Å². The maximum Gasteiger partial charge on any atom is 0.337 e. The molecule has 0 saturated heterocycles. The summed E-state index contributed by atoms with van der Waals surface area (Å²) in [6, 6.07) is 5.83. The van der Waals surface area contributed by atoms with Crippen molar-refractivity contribution in [3.05, 3.63) is 29.3 Å². The zero-order valence-electron chi connectivity index (χ0n) is 11.9. The van der Waals surface area contributed by atoms with E-state index in [0.29, 0.717) is 23.4 Å². The molecule has 1 aromatic rings. The Bertz CT molecular complexity index is 460. The van der Waals surface area contributed by atoms with Gasteiger partial charge in [0, 0.05) is 6.04 Å². The van der Waals surface area contributed by atoms with Crippen molar-refractivity contribution < 1.29 is 9.90 Å². The molecule has 0 radical (unpaired) electrons. The Hall–Kier alpha value is -1.51. The van der Waals surface area contributed by atoms with Crippen molar-refractivity contribution >= 4 is 11.7 Å². The van der Waals surface area contributed by atoms with Gasteiger partial charge in [-0.05, 0) is 49.7 Å². The standard InChI is InChI=1S/C16H23NO2/c1-10-7-11(2)9-13(8-10)17-15-12(3)5-4-6-14(15)16(18)19/h4-6,10-11,13,17H,7-9H2,1-3H3,(H,18,19). The summed E-state index contributed by atoms with van der Waals surface area (Å²) in [7, 11) is 0. The number of para-hydroxylation sites is 1. The fourth-order valence-electron chi connectivity index (χ4n) is 3.31. The zero-order chi connectivity index (χ0) is 14.0. The minimum absolute atomic E-state index is 0.380. The molecule has 1 aliphatic carbocycles. The van der Waals surface area contributed by atoms with Crippen molar-refractivity contribution in [3.63, 3.8) is 0 Å². The number of nitrogens with one attached hydrogen (secondary N) is 1. The zero-order valence-corrected chi connectivity index (χ0v) is 11.9. The highest BCUT2D eigenvalue weighted by atomic mass is 16.4. The van der Waals surface area contributed by atoms with Gasteiger partial charge in [-0.15, -0.1) is 0 Å². The molecule has 0 spiro atoms. The van der Waals surface area contributed by atoms with Crippen molar-refractivity contribution in [2.24, 2.45) is 11.8 Å². The van der Waals surface area contributed by atoms with Crippen molar-refractivity contribution in [1.82, 2.24) is 0 Å². The summed E-state index contributed by atoms with van der Waals surface area (Å²) in [5.74, 6) is 0.556. The maximum atomic E-state index is 11.3. The second-order valence-electron chi connectivity index (χ2n) is 6.06. The summed E-state index contributed by atoms with van der Waals surface area (Å²) in [5, 5.41) is 12.8. The van der Waals surface area contributed by atoms with Crippen LogP contribution in [0.3, 0.4) is 0 Å². The summed E-state index contributed by atoms with van der Waals surface area (Å²) in [5.41, 5.74) is 2.18. The Morgan fingerprint density at radius 1 is 1.21 bits per heavy atom. The molecule has 2 unspecified atom stereocenters. The van der Waals surface area contributed by atoms with Gasteiger partial charge in [0.1, 0.15) is 0 Å². The first-order valence-corrected chi connectivity index (χ1v) is 7.06. The molecule has 0 bridgehead atoms. The number of carboxylic acid groups (broad SMARTS) is 1. The molecule has 2 rings (SSSR count). The maximum absolute atomic E-state index is 11.3. The Morgan fingerprint density at radius 3 is 2.42 bits per heavy atom. The number of benzene rings is 1. The monoisotopic (exact) mass is 261 g/mol. The molecule has 3 heteroatoms. The predicted molar refractivity (Wildman–Crippen MR) is 77.7 cm³/mol. The van der Waals surface area contributed by atoms with Gasteiger partial charge in [-0.1, -0.05) is 26.0 Å². The molecular weight excluding hydrogens is 238 g/mol. The third-order valence-corrected chi connectivity index (χ3v) is 4.03. The van der Waals surface area contributed by atoms with Crippen LogP contribution in [0.25, 0.3) is 0 Å². The van der Waals surface area contributed by atoms with Crippen LogP contribution in [0.4, 0.5) is 5.69 Å². The first-order valence-electron chi connectivity index (χ1n) is 7.06. The number of hydrogen-bond acceptors (Lipinski definition) is 2. The molecule has 0 aliphatic heterocycles. The number of carboxylic acids is 1. The number of carbonyl (C=O) groups is 1. The normalized spacial score (nSPS) is 27.0. The SMILES string of the molecule is Cc1cccc(C(=O)O)c1NC1CC(C)CC(C)C1. The van der Waals surface area contributed by atoms with E-state index in [1.807, 2.05) is 13.0 Å². The molecule has 0 heterocycles. The van der Waals surface area contributed by atoms with Crippen molar-refractivity contribution in [1.29, 1.82) is 0 Å². The summed E-state index contributed by atoms with van der Waals surface area (Å²) >= 11 is 0. The summed E-state index contributed by atoms with van der Waals surface area (Å²) in [6.45, 7) is 6.52. The van der Waals surface area contributed by atoms with Crippen LogP contribution >= 0.6 is 0 Å². The van der Waals surface area contributed by atoms with E-state index >= 15 is 0 Å². The highest BCUT2D eigenvalue weighted by molar-refractivity contribution is 5.95. The van der Waals surface area contributed by atoms with Crippen LogP contribution in [0.5, 0.6) is 0 Å². The molecule has 0 amide bonds. The van der Waals surface area contributed by atoms with Crippen LogP contribution in [-0.2, 0) is 0 Å². The van der Waals surface area contributed by atoms with Gasteiger partial charge in [0.15, 0.2) is 0 Å². The predicted octanol–water partition coefficient (Wildman–Crippen LogP) is 3.93. The molecule has 0 aromatic heterocycles. The minimum Gasteiger partial charge on any atom is -0.478 e. The third-order valence-electron chi connectivity index (χ3n) is 4.03. The molecular formula is C16H23NO2. The topological polar surface area (TPSA) is 49.3 Å². The Labute approximate surface area is 115 Å². The number of aromatic carboxylic acids is 1. The first-order chi connectivity index (χ1) is 8.97. The van der Waals surface area contributed by atoms with Crippen molar-refractivity contribution in [2.75, 3.05) is 5.32 Å². The van der Waals surface area contributed by atoms with Gasteiger partial charge in [0.25, 0.3) is 0 Å². The Balaban J connectivity index is 2.21. The van der Waals surface area contributed by atoms with E-state index in [-0.39, 0.29) is 0 Å². The molecule has 104 valence electrons. The number of rotatable bonds is 3. The lowest BCUT2D eigenvalue weighted by molar-refractivity contribution is 0.0698. The molecule has 1 saturated carbocycles. The third kappa shape index (κ3) is 3.28. The molecule has 3 nitrogen and oxygen atoms in total. The molecule has 19 heavy (non-hydrogen) atoms. The van der Waals surface area contributed by atoms with E-state index in [1.165, 1.54) is 6.42 Å². The molecule has 1 fully saturated rings. The van der Waals surface area contributed by atoms with Crippen LogP contribution in [-0.4, -0.2) is 17.1 Å². The quantitative estimate of drug-likeness (QED) is 0.866. The van der Waals surface area contributed by atoms with Crippen LogP contribution in [0.15, 0.2) is 18.2 Å². The fraction of sp³-hybridized carbons (Fsp3) is 0.562. The smallest absolute Gasteiger partial charge is 0.337 e. The Kier molecular flexibility index (Phi) is 4.13. The number of hydrogen-bond donors (Lipinski definition) is 2. The highest BCUT2D eigenvalue weighted by Crippen LogP contribution is 2.32. The second-order valence-corrected chi connectivity index (χ2v) is 6.06. The highest BCUT2D eigenvalue weighted by Gasteiger charge is 2.25. The van der Waals surface area contributed by atoms with Gasteiger partial charge >= 0.3 is 5.97 Å². The van der Waals surface area contributed by atoms with Crippen LogP contribution < -0.4 is 5.32 Å². The Morgan fingerprint density at radius 2 is 1.84 bits per heavy atom. The fourth-order valence-corrected chi connectivity index (χ4v) is 3.31. The van der Waals surface area contributed by atoms with Gasteiger partial charge < -0.3 is 10.4 Å². The van der Waals surface area contributed by atoms with Gasteiger partial charge in [-0.25, -0.2) is 4.79 Å². The number of aryl methyl sites for hydroxylation is 1. The van der Waals surface area contributed by atoms with Gasteiger partial charge in [0.2, 0.25) is 0 Å². The molecule has 1 aromatic carbocycles. The van der Waals surface area contributed by atoms with E-state index < -0.39 is 5.97 Å². The van der Waals surface area contributed by atoms with Crippen molar-refractivity contribution in [3.8, 4) is 0 Å². The number of anilines is 1. The molecule has 2 N–H and O–H groups in total. The minimum atomic E-state index is -0.858. The van der Waals surface area contributed by atoms with Gasteiger partial charge in [0.05, 0.1) is 11.3 Å². The average molecular weight is 261 g/mol. The molecule has 1 aliphatic rings. The lowest BCUT2D eigenvalue weighted by Gasteiger charge is -2.33. The molecule has 2 atom stereocenters. The van der Waals surface area contributed by atoms with Gasteiger partial charge in [-0.2, -0.15) is 0 Å². The lowest BCUT2D eigenvalue weighted by Crippen LogP contribution is -2.31. The largest absolute Gasteiger partial charge is 0.478 e. The van der Waals surface area contributed by atoms with E-state index in [4.69, 9.17) is 0 Å². The average Bonchev–Trinajstić information content (AvgIpc) is 2.30. The summed E-state index contributed by atoms with van der Waals surface area (Å²) in [4.78, 5) is 11.3. The van der Waals surface area contributed by atoms with E-state index in [2.05, 4.69) is 19.2 Å². The van der Waals surface area contributed by atoms with Crippen LogP contribution in [0.2, 0.25) is 0 Å². The van der Waals surface area contributed by atoms with E-state index in [9.17, 15) is 9.90 Å². The lowest BCUT2D eigenvalue weighted by atomic mass is 9.80. The van der Waals surface area contributed by atoms with E-state index in [1.54, 1.807) is 12.1 Å². The van der Waals surface area contributed by atoms with E-state index in [0.717, 1.165) is 24.1 Å². The second kappa shape index (κ2) is 5.64. The van der Waals surface area contributed by atoms with Crippen LogP contribution in [0, 0.1) is 18.8 Å². The summed E-state index contributed by atoms with van der Waals surface area (Å²) < 4.78 is 0. The summed E-state index contributed by atoms with van der Waals surface area (Å²) in [6.07, 6.45) is 3.52. The van der Waals surface area contributed by atoms with Crippen molar-refractivity contribution in [2.45, 2.75) is 46.1 Å².